The second-order valence-electron chi connectivity index (χ2n) is 7.18. The Labute approximate surface area is 196 Å². The molecule has 4 aromatic rings. The third kappa shape index (κ3) is 3.49. The van der Waals surface area contributed by atoms with E-state index in [0.29, 0.717) is 34.2 Å². The molecule has 0 saturated heterocycles. The zero-order chi connectivity index (χ0) is 21.9. The number of para-hydroxylation sites is 1. The number of ether oxygens (including phenoxy) is 2. The molecular weight excluding hydrogens is 571 g/mol. The summed E-state index contributed by atoms with van der Waals surface area (Å²) in [6.45, 7) is 0. The van der Waals surface area contributed by atoms with Crippen molar-refractivity contribution in [3.63, 3.8) is 0 Å². The Balaban J connectivity index is 0.00000228. The molecule has 0 bridgehead atoms. The molecule has 0 radical (unpaired) electrons. The summed E-state index contributed by atoms with van der Waals surface area (Å²) in [7, 11) is 0. The van der Waals surface area contributed by atoms with Gasteiger partial charge in [-0.2, -0.15) is 0 Å². The minimum absolute atomic E-state index is 0. The van der Waals surface area contributed by atoms with Crippen molar-refractivity contribution in [1.82, 2.24) is 4.98 Å². The predicted octanol–water partition coefficient (Wildman–Crippen LogP) is 4.97. The Hall–Kier alpha value is -3.17. The van der Waals surface area contributed by atoms with Gasteiger partial charge in [0.2, 0.25) is 5.88 Å². The van der Waals surface area contributed by atoms with E-state index >= 15 is 0 Å². The van der Waals surface area contributed by atoms with Crippen molar-refractivity contribution in [2.45, 2.75) is 18.5 Å². The molecule has 5 nitrogen and oxygen atoms in total. The fraction of sp³-hybridized carbons (Fsp3) is 0.120. The molecular formula is C25H17N2O3Pt-. The number of pyridine rings is 1. The van der Waals surface area contributed by atoms with Gasteiger partial charge in [0, 0.05) is 47.4 Å². The minimum atomic E-state index is -1.63. The van der Waals surface area contributed by atoms with Gasteiger partial charge >= 0.3 is 0 Å². The van der Waals surface area contributed by atoms with Gasteiger partial charge < -0.3 is 14.6 Å². The molecule has 0 fully saturated rings. The Morgan fingerprint density at radius 3 is 2.84 bits per heavy atom. The molecule has 0 unspecified atom stereocenters. The smallest absolute Gasteiger partial charge is 0.217 e. The molecule has 1 aromatic heterocycles. The summed E-state index contributed by atoms with van der Waals surface area (Å²) in [6, 6.07) is 24.2. The Bertz CT molecular complexity index is 1410. The van der Waals surface area contributed by atoms with Crippen molar-refractivity contribution in [3.8, 4) is 17.4 Å². The van der Waals surface area contributed by atoms with E-state index in [-0.39, 0.29) is 32.9 Å². The van der Waals surface area contributed by atoms with Crippen LogP contribution in [0.4, 0.5) is 0 Å². The van der Waals surface area contributed by atoms with Crippen LogP contribution in [0.3, 0.4) is 0 Å². The van der Waals surface area contributed by atoms with Crippen LogP contribution < -0.4 is 4.74 Å². The molecule has 0 spiro atoms. The monoisotopic (exact) mass is 590 g/mol. The van der Waals surface area contributed by atoms with Crippen molar-refractivity contribution in [2.75, 3.05) is 0 Å². The fourth-order valence-electron chi connectivity index (χ4n) is 3.84. The summed E-state index contributed by atoms with van der Waals surface area (Å²) in [4.78, 5) is 9.06. The van der Waals surface area contributed by atoms with E-state index in [1.807, 2.05) is 30.3 Å². The fourth-order valence-corrected chi connectivity index (χ4v) is 3.84. The maximum Gasteiger partial charge on any atom is 0.217 e. The number of benzene rings is 3. The summed E-state index contributed by atoms with van der Waals surface area (Å²) in [6.07, 6.45) is -2.34. The summed E-state index contributed by atoms with van der Waals surface area (Å²) >= 11 is 0. The van der Waals surface area contributed by atoms with Crippen molar-refractivity contribution in [2.24, 2.45) is 4.99 Å². The Morgan fingerprint density at radius 1 is 1.03 bits per heavy atom. The molecule has 2 aliphatic rings. The first kappa shape index (κ1) is 17.5. The topological polar surface area (TPSA) is 63.9 Å². The van der Waals surface area contributed by atoms with Gasteiger partial charge in [0.25, 0.3) is 0 Å². The van der Waals surface area contributed by atoms with Crippen LogP contribution in [0, 0.1) is 6.07 Å². The second-order valence-corrected chi connectivity index (χ2v) is 7.18. The zero-order valence-corrected chi connectivity index (χ0v) is 18.3. The number of hydrogen-bond acceptors (Lipinski definition) is 5. The van der Waals surface area contributed by atoms with Crippen LogP contribution in [0.1, 0.15) is 25.5 Å². The van der Waals surface area contributed by atoms with Crippen molar-refractivity contribution in [1.29, 1.82) is 0 Å². The largest absolute Gasteiger partial charge is 0.514 e. The first-order valence-corrected chi connectivity index (χ1v) is 9.64. The molecule has 6 rings (SSSR count). The first-order valence-electron chi connectivity index (χ1n) is 10.6. The molecule has 3 aromatic carbocycles. The Morgan fingerprint density at radius 2 is 1.90 bits per heavy atom. The summed E-state index contributed by atoms with van der Waals surface area (Å²) in [5.74, 6) is 1.16. The van der Waals surface area contributed by atoms with E-state index in [9.17, 15) is 5.11 Å². The van der Waals surface area contributed by atoms with E-state index in [1.54, 1.807) is 42.5 Å². The number of aromatic nitrogens is 1. The van der Waals surface area contributed by atoms with Gasteiger partial charge in [0.15, 0.2) is 0 Å². The quantitative estimate of drug-likeness (QED) is 0.343. The van der Waals surface area contributed by atoms with Gasteiger partial charge in [-0.25, -0.2) is 4.98 Å². The maximum atomic E-state index is 10.1. The Kier molecular flexibility index (Phi) is 4.42. The maximum absolute atomic E-state index is 10.1. The average Bonchev–Trinajstić information content (AvgIpc) is 3.34. The van der Waals surface area contributed by atoms with Crippen molar-refractivity contribution in [3.05, 3.63) is 95.6 Å². The van der Waals surface area contributed by atoms with Gasteiger partial charge in [-0.05, 0) is 23.3 Å². The third-order valence-electron chi connectivity index (χ3n) is 5.25. The van der Waals surface area contributed by atoms with Gasteiger partial charge in [0.1, 0.15) is 29.3 Å². The molecule has 6 heteroatoms. The van der Waals surface area contributed by atoms with Gasteiger partial charge in [0.05, 0.1) is 0 Å². The molecule has 2 heterocycles. The summed E-state index contributed by atoms with van der Waals surface area (Å²) < 4.78 is 28.9. The van der Waals surface area contributed by atoms with Crippen LogP contribution in [0.2, 0.25) is 0 Å². The first-order chi connectivity index (χ1) is 15.5. The molecule has 31 heavy (non-hydrogen) atoms. The molecule has 156 valence electrons. The summed E-state index contributed by atoms with van der Waals surface area (Å²) in [5.41, 5.74) is 2.52. The predicted molar refractivity (Wildman–Crippen MR) is 113 cm³/mol. The molecule has 0 saturated carbocycles. The van der Waals surface area contributed by atoms with Crippen LogP contribution in [0.25, 0.3) is 10.9 Å². The van der Waals surface area contributed by atoms with E-state index in [0.717, 1.165) is 10.9 Å². The zero-order valence-electron chi connectivity index (χ0n) is 18.1. The van der Waals surface area contributed by atoms with E-state index in [4.69, 9.17) is 12.2 Å². The molecule has 1 N–H and O–H groups in total. The van der Waals surface area contributed by atoms with Crippen LogP contribution in [-0.4, -0.2) is 22.1 Å². The molecule has 0 amide bonds. The molecule has 1 aliphatic carbocycles. The summed E-state index contributed by atoms with van der Waals surface area (Å²) in [5, 5.41) is 10.9. The van der Waals surface area contributed by atoms with Crippen molar-refractivity contribution < 1.29 is 38.4 Å². The van der Waals surface area contributed by atoms with E-state index in [1.165, 1.54) is 0 Å². The number of nitrogens with zero attached hydrogens (tertiary/aromatic N) is 2. The molecule has 1 aliphatic heterocycles. The molecule has 2 atom stereocenters. The normalized spacial score (nSPS) is 21.1. The number of phenols is 1. The standard InChI is InChI=1S/C25H17N2O3.Pt/c28-20-10-4-6-15-11-12-22(26-23(15)20)29-18-8-3-7-17(13-18)25-27-24-19-9-2-1-5-16(19)14-21(24)30-25;/h1-12,21,24,28H,14H2;/q-1;/t21-,24-;/m0./s1/i14D2;. The number of aromatic hydroxyl groups is 1. The van der Waals surface area contributed by atoms with Crippen LogP contribution in [0.15, 0.2) is 77.8 Å². The third-order valence-corrected chi connectivity index (χ3v) is 5.25. The average molecular weight is 591 g/mol. The van der Waals surface area contributed by atoms with Crippen LogP contribution >= 0.6 is 0 Å². The van der Waals surface area contributed by atoms with E-state index < -0.39 is 12.5 Å². The van der Waals surface area contributed by atoms with Gasteiger partial charge in [-0.1, -0.05) is 48.0 Å². The number of phenolic OH excluding ortho intramolecular Hbond substituents is 1. The second kappa shape index (κ2) is 7.82. The van der Waals surface area contributed by atoms with E-state index in [2.05, 4.69) is 16.0 Å². The van der Waals surface area contributed by atoms with Crippen LogP contribution in [0.5, 0.6) is 17.4 Å². The SMILES string of the molecule is [2H]C1([2H])c2ccccc2[C@@H]2N=C(c3[c-]c(Oc4ccc5cccc(O)c5n4)ccc3)O[C@H]21.[Pt]. The minimum Gasteiger partial charge on any atom is -0.514 e. The number of fused-ring (bicyclic) bond motifs is 4. The van der Waals surface area contributed by atoms with Crippen LogP contribution in [-0.2, 0) is 32.2 Å². The number of hydrogen-bond donors (Lipinski definition) is 1. The number of rotatable bonds is 3. The number of aliphatic imine (C=N–C) groups is 1. The van der Waals surface area contributed by atoms with Crippen molar-refractivity contribution >= 4 is 16.8 Å². The van der Waals surface area contributed by atoms with Gasteiger partial charge in [-0.3, -0.25) is 4.99 Å². The van der Waals surface area contributed by atoms with Gasteiger partial charge in [-0.15, -0.1) is 18.2 Å².